The van der Waals surface area contributed by atoms with E-state index in [1.165, 1.54) is 4.90 Å². The number of hydrogen-bond acceptors (Lipinski definition) is 2. The summed E-state index contributed by atoms with van der Waals surface area (Å²) in [4.78, 5) is 26.9. The second kappa shape index (κ2) is 4.97. The summed E-state index contributed by atoms with van der Waals surface area (Å²) >= 11 is 0. The number of imide groups is 1. The van der Waals surface area contributed by atoms with Gasteiger partial charge in [-0.15, -0.1) is 0 Å². The van der Waals surface area contributed by atoms with Crippen molar-refractivity contribution in [2.45, 2.75) is 39.2 Å². The molecule has 22 heavy (non-hydrogen) atoms. The van der Waals surface area contributed by atoms with Gasteiger partial charge in [0.15, 0.2) is 0 Å². The Morgan fingerprint density at radius 3 is 2.73 bits per heavy atom. The average Bonchev–Trinajstić information content (AvgIpc) is 2.80. The third kappa shape index (κ3) is 1.76. The first kappa shape index (κ1) is 13.6. The minimum absolute atomic E-state index is 0.0372. The fourth-order valence-electron chi connectivity index (χ4n) is 3.76. The van der Waals surface area contributed by atoms with E-state index in [1.54, 1.807) is 0 Å². The van der Waals surface area contributed by atoms with E-state index < -0.39 is 0 Å². The van der Waals surface area contributed by atoms with E-state index in [4.69, 9.17) is 0 Å². The maximum Gasteiger partial charge on any atom is 0.262 e. The minimum atomic E-state index is -0.0958. The number of carbonyl (C=O) groups excluding carboxylic acids is 2. The third-order valence-electron chi connectivity index (χ3n) is 5.15. The van der Waals surface area contributed by atoms with Gasteiger partial charge in [0.25, 0.3) is 5.91 Å². The van der Waals surface area contributed by atoms with Crippen LogP contribution in [0.25, 0.3) is 10.9 Å². The number of amides is 2. The molecule has 1 saturated carbocycles. The second-order valence-corrected chi connectivity index (χ2v) is 6.26. The first-order valence-corrected chi connectivity index (χ1v) is 8.18. The van der Waals surface area contributed by atoms with Crippen molar-refractivity contribution in [1.29, 1.82) is 0 Å². The lowest BCUT2D eigenvalue weighted by Crippen LogP contribution is -2.46. The Hall–Kier alpha value is -2.10. The topological polar surface area (TPSA) is 42.3 Å². The Labute approximate surface area is 129 Å². The van der Waals surface area contributed by atoms with Crippen molar-refractivity contribution in [2.24, 2.45) is 5.92 Å². The summed E-state index contributed by atoms with van der Waals surface area (Å²) in [7, 11) is 0. The van der Waals surface area contributed by atoms with E-state index in [-0.39, 0.29) is 17.7 Å². The monoisotopic (exact) mass is 296 g/mol. The molecule has 1 aliphatic heterocycles. The number of rotatable bonds is 2. The van der Waals surface area contributed by atoms with Crippen LogP contribution >= 0.6 is 0 Å². The quantitative estimate of drug-likeness (QED) is 0.800. The molecule has 0 unspecified atom stereocenters. The van der Waals surface area contributed by atoms with Gasteiger partial charge in [-0.2, -0.15) is 0 Å². The van der Waals surface area contributed by atoms with Gasteiger partial charge in [-0.25, -0.2) is 0 Å². The number of aromatic nitrogens is 1. The molecule has 0 N–H and O–H groups in total. The molecule has 4 heteroatoms. The lowest BCUT2D eigenvalue weighted by Gasteiger charge is -2.33. The molecule has 0 atom stereocenters. The van der Waals surface area contributed by atoms with Crippen molar-refractivity contribution in [3.63, 3.8) is 0 Å². The Balaban J connectivity index is 1.81. The smallest absolute Gasteiger partial charge is 0.262 e. The Morgan fingerprint density at radius 1 is 1.27 bits per heavy atom. The van der Waals surface area contributed by atoms with Crippen LogP contribution in [-0.4, -0.2) is 27.8 Å². The van der Waals surface area contributed by atoms with Crippen molar-refractivity contribution in [3.8, 4) is 0 Å². The number of hydrogen-bond donors (Lipinski definition) is 0. The molecule has 0 bridgehead atoms. The van der Waals surface area contributed by atoms with Gasteiger partial charge >= 0.3 is 0 Å². The highest BCUT2D eigenvalue weighted by Crippen LogP contribution is 2.34. The number of carbonyl (C=O) groups is 2. The van der Waals surface area contributed by atoms with Crippen molar-refractivity contribution >= 4 is 22.7 Å². The zero-order valence-corrected chi connectivity index (χ0v) is 12.8. The highest BCUT2D eigenvalue weighted by Gasteiger charge is 2.37. The summed E-state index contributed by atoms with van der Waals surface area (Å²) in [5.74, 6) is 0.0156. The van der Waals surface area contributed by atoms with Gasteiger partial charge in [0.2, 0.25) is 5.91 Å². The predicted molar refractivity (Wildman–Crippen MR) is 84.7 cm³/mol. The van der Waals surface area contributed by atoms with Crippen LogP contribution in [0.3, 0.4) is 0 Å². The Morgan fingerprint density at radius 2 is 2.05 bits per heavy atom. The molecule has 0 radical (unpaired) electrons. The maximum absolute atomic E-state index is 12.9. The van der Waals surface area contributed by atoms with E-state index in [0.717, 1.165) is 54.4 Å². The number of para-hydroxylation sites is 1. The predicted octanol–water partition coefficient (Wildman–Crippen LogP) is 2.99. The normalized spacial score (nSPS) is 18.4. The lowest BCUT2D eigenvalue weighted by atomic mass is 9.84. The van der Waals surface area contributed by atoms with Crippen molar-refractivity contribution in [3.05, 3.63) is 35.5 Å². The molecule has 2 aromatic rings. The van der Waals surface area contributed by atoms with Gasteiger partial charge in [-0.05, 0) is 25.8 Å². The van der Waals surface area contributed by atoms with E-state index in [1.807, 2.05) is 18.2 Å². The van der Waals surface area contributed by atoms with Crippen molar-refractivity contribution in [1.82, 2.24) is 9.47 Å². The van der Waals surface area contributed by atoms with E-state index in [9.17, 15) is 9.59 Å². The van der Waals surface area contributed by atoms with Crippen LogP contribution in [0.5, 0.6) is 0 Å². The second-order valence-electron chi connectivity index (χ2n) is 6.26. The van der Waals surface area contributed by atoms with Gasteiger partial charge in [-0.3, -0.25) is 14.5 Å². The summed E-state index contributed by atoms with van der Waals surface area (Å²) < 4.78 is 2.22. The summed E-state index contributed by atoms with van der Waals surface area (Å²) in [6.45, 7) is 3.47. The SMILES string of the molecule is CCn1c2c(c3ccccc31)C(=O)N(C(=O)C1CCC1)CC2. The molecule has 0 spiro atoms. The zero-order valence-electron chi connectivity index (χ0n) is 12.8. The molecule has 4 nitrogen and oxygen atoms in total. The largest absolute Gasteiger partial charge is 0.344 e. The first-order chi connectivity index (χ1) is 10.7. The third-order valence-corrected chi connectivity index (χ3v) is 5.15. The van der Waals surface area contributed by atoms with Crippen LogP contribution < -0.4 is 0 Å². The van der Waals surface area contributed by atoms with Crippen LogP contribution in [0, 0.1) is 5.92 Å². The minimum Gasteiger partial charge on any atom is -0.344 e. The molecule has 4 rings (SSSR count). The van der Waals surface area contributed by atoms with Crippen LogP contribution in [0.1, 0.15) is 42.2 Å². The summed E-state index contributed by atoms with van der Waals surface area (Å²) in [6, 6.07) is 8.02. The number of benzene rings is 1. The summed E-state index contributed by atoms with van der Waals surface area (Å²) in [6.07, 6.45) is 3.75. The van der Waals surface area contributed by atoms with Gasteiger partial charge < -0.3 is 4.57 Å². The molecule has 1 aliphatic carbocycles. The highest BCUT2D eigenvalue weighted by atomic mass is 16.2. The summed E-state index contributed by atoms with van der Waals surface area (Å²) in [5, 5.41) is 0.982. The van der Waals surface area contributed by atoms with Crippen LogP contribution in [0.2, 0.25) is 0 Å². The highest BCUT2D eigenvalue weighted by molar-refractivity contribution is 6.14. The molecule has 2 aliphatic rings. The standard InChI is InChI=1S/C18H20N2O2/c1-2-19-14-9-4-3-8-13(14)16-15(19)10-11-20(18(16)22)17(21)12-6-5-7-12/h3-4,8-9,12H,2,5-7,10-11H2,1H3. The van der Waals surface area contributed by atoms with Gasteiger partial charge in [-0.1, -0.05) is 24.6 Å². The number of aryl methyl sites for hydroxylation is 1. The molecule has 0 saturated heterocycles. The van der Waals surface area contributed by atoms with Crippen molar-refractivity contribution < 1.29 is 9.59 Å². The molecule has 2 amide bonds. The molecule has 1 aromatic heterocycles. The van der Waals surface area contributed by atoms with Crippen molar-refractivity contribution in [2.75, 3.05) is 6.54 Å². The number of nitrogens with zero attached hydrogens (tertiary/aromatic N) is 2. The van der Waals surface area contributed by atoms with E-state index >= 15 is 0 Å². The zero-order chi connectivity index (χ0) is 15.3. The molecular weight excluding hydrogens is 276 g/mol. The van der Waals surface area contributed by atoms with Gasteiger partial charge in [0.1, 0.15) is 0 Å². The first-order valence-electron chi connectivity index (χ1n) is 8.18. The van der Waals surface area contributed by atoms with Gasteiger partial charge in [0, 0.05) is 42.0 Å². The van der Waals surface area contributed by atoms with Crippen LogP contribution in [-0.2, 0) is 17.8 Å². The molecule has 114 valence electrons. The summed E-state index contributed by atoms with van der Waals surface area (Å²) in [5.41, 5.74) is 2.93. The van der Waals surface area contributed by atoms with Gasteiger partial charge in [0.05, 0.1) is 5.56 Å². The molecule has 2 heterocycles. The number of fused-ring (bicyclic) bond motifs is 3. The fourth-order valence-corrected chi connectivity index (χ4v) is 3.76. The maximum atomic E-state index is 12.9. The molecule has 1 fully saturated rings. The van der Waals surface area contributed by atoms with Crippen LogP contribution in [0.4, 0.5) is 0 Å². The Kier molecular flexibility index (Phi) is 3.06. The fraction of sp³-hybridized carbons (Fsp3) is 0.444. The van der Waals surface area contributed by atoms with Crippen LogP contribution in [0.15, 0.2) is 24.3 Å². The molecule has 1 aromatic carbocycles. The molecular formula is C18H20N2O2. The average molecular weight is 296 g/mol. The Bertz CT molecular complexity index is 771. The lowest BCUT2D eigenvalue weighted by molar-refractivity contribution is -0.135. The van der Waals surface area contributed by atoms with E-state index in [0.29, 0.717) is 6.54 Å². The van der Waals surface area contributed by atoms with E-state index in [2.05, 4.69) is 17.6 Å².